The summed E-state index contributed by atoms with van der Waals surface area (Å²) < 4.78 is 17.7. The molecule has 1 rings (SSSR count). The number of ether oxygens (including phenoxy) is 1. The van der Waals surface area contributed by atoms with Gasteiger partial charge in [-0.1, -0.05) is 12.5 Å². The van der Waals surface area contributed by atoms with Crippen LogP contribution in [-0.4, -0.2) is 25.5 Å². The van der Waals surface area contributed by atoms with Crippen LogP contribution in [0.25, 0.3) is 0 Å². The molecule has 6 heteroatoms. The maximum absolute atomic E-state index is 13.2. The lowest BCUT2D eigenvalue weighted by Crippen LogP contribution is -2.25. The summed E-state index contributed by atoms with van der Waals surface area (Å²) >= 11 is 0. The van der Waals surface area contributed by atoms with E-state index < -0.39 is 11.7 Å². The fourth-order valence-electron chi connectivity index (χ4n) is 1.71. The molecule has 0 aliphatic heterocycles. The number of nitrogens with one attached hydrogen (secondary N) is 1. The first-order chi connectivity index (χ1) is 9.56. The lowest BCUT2D eigenvalue weighted by molar-refractivity contribution is -0.140. The van der Waals surface area contributed by atoms with Crippen LogP contribution in [0.1, 0.15) is 36.0 Å². The minimum atomic E-state index is -0.601. The highest BCUT2D eigenvalue weighted by Crippen LogP contribution is 2.15. The topological polar surface area (TPSA) is 81.4 Å². The van der Waals surface area contributed by atoms with Crippen molar-refractivity contribution < 1.29 is 18.7 Å². The number of para-hydroxylation sites is 1. The zero-order valence-electron chi connectivity index (χ0n) is 11.4. The van der Waals surface area contributed by atoms with E-state index >= 15 is 0 Å². The molecule has 0 aliphatic rings. The third-order valence-electron chi connectivity index (χ3n) is 2.87. The predicted octanol–water partition coefficient (Wildman–Crippen LogP) is 1.87. The zero-order valence-corrected chi connectivity index (χ0v) is 11.4. The Balaban J connectivity index is 2.27. The second-order valence-corrected chi connectivity index (χ2v) is 4.34. The molecule has 0 aromatic heterocycles. The standard InChI is InChI=1S/C14H19FN2O3/c1-20-12(18)8-3-2-4-9-17-14(19)10-6-5-7-11(15)13(10)16/h5-7H,2-4,8-9,16H2,1H3,(H,17,19). The monoisotopic (exact) mass is 282 g/mol. The van der Waals surface area contributed by atoms with Crippen LogP contribution in [0.2, 0.25) is 0 Å². The Bertz CT molecular complexity index is 477. The van der Waals surface area contributed by atoms with E-state index in [-0.39, 0.29) is 17.2 Å². The van der Waals surface area contributed by atoms with Crippen LogP contribution in [0, 0.1) is 5.82 Å². The summed E-state index contributed by atoms with van der Waals surface area (Å²) in [5, 5.41) is 2.67. The fourth-order valence-corrected chi connectivity index (χ4v) is 1.71. The smallest absolute Gasteiger partial charge is 0.305 e. The van der Waals surface area contributed by atoms with Crippen molar-refractivity contribution in [2.45, 2.75) is 25.7 Å². The first kappa shape index (κ1) is 15.9. The number of benzene rings is 1. The van der Waals surface area contributed by atoms with Crippen molar-refractivity contribution in [3.63, 3.8) is 0 Å². The van der Waals surface area contributed by atoms with Crippen molar-refractivity contribution in [2.75, 3.05) is 19.4 Å². The van der Waals surface area contributed by atoms with Crippen molar-refractivity contribution in [3.8, 4) is 0 Å². The number of esters is 1. The van der Waals surface area contributed by atoms with E-state index in [0.717, 1.165) is 12.8 Å². The molecule has 5 nitrogen and oxygen atoms in total. The Morgan fingerprint density at radius 2 is 2.05 bits per heavy atom. The summed E-state index contributed by atoms with van der Waals surface area (Å²) in [4.78, 5) is 22.6. The average molecular weight is 282 g/mol. The third-order valence-corrected chi connectivity index (χ3v) is 2.87. The SMILES string of the molecule is COC(=O)CCCCCNC(=O)c1cccc(F)c1N. The number of rotatable bonds is 7. The van der Waals surface area contributed by atoms with E-state index in [1.807, 2.05) is 0 Å². The number of anilines is 1. The Morgan fingerprint density at radius 3 is 2.75 bits per heavy atom. The highest BCUT2D eigenvalue weighted by atomic mass is 19.1. The summed E-state index contributed by atoms with van der Waals surface area (Å²) in [6, 6.07) is 4.13. The number of nitrogens with two attached hydrogens (primary N) is 1. The van der Waals surface area contributed by atoms with Crippen molar-refractivity contribution in [1.29, 1.82) is 0 Å². The van der Waals surface area contributed by atoms with E-state index in [2.05, 4.69) is 10.1 Å². The van der Waals surface area contributed by atoms with Crippen LogP contribution in [0.15, 0.2) is 18.2 Å². The summed E-state index contributed by atoms with van der Waals surface area (Å²) in [6.45, 7) is 0.454. The normalized spacial score (nSPS) is 10.1. The number of amides is 1. The van der Waals surface area contributed by atoms with Crippen molar-refractivity contribution in [2.24, 2.45) is 0 Å². The number of methoxy groups -OCH3 is 1. The molecular weight excluding hydrogens is 263 g/mol. The first-order valence-corrected chi connectivity index (χ1v) is 6.45. The molecule has 0 unspecified atom stereocenters. The van der Waals surface area contributed by atoms with E-state index in [0.29, 0.717) is 19.4 Å². The molecule has 1 amide bonds. The van der Waals surface area contributed by atoms with Crippen LogP contribution in [0.4, 0.5) is 10.1 Å². The molecule has 0 heterocycles. The Morgan fingerprint density at radius 1 is 1.30 bits per heavy atom. The van der Waals surface area contributed by atoms with Crippen molar-refractivity contribution in [1.82, 2.24) is 5.32 Å². The number of hydrogen-bond acceptors (Lipinski definition) is 4. The summed E-state index contributed by atoms with van der Waals surface area (Å²) in [5.74, 6) is -1.23. The molecule has 0 atom stereocenters. The Labute approximate surface area is 117 Å². The van der Waals surface area contributed by atoms with Gasteiger partial charge in [-0.3, -0.25) is 9.59 Å². The van der Waals surface area contributed by atoms with Gasteiger partial charge in [-0.05, 0) is 25.0 Å². The van der Waals surface area contributed by atoms with Gasteiger partial charge in [-0.2, -0.15) is 0 Å². The lowest BCUT2D eigenvalue weighted by Gasteiger charge is -2.07. The quantitative estimate of drug-likeness (QED) is 0.454. The number of hydrogen-bond donors (Lipinski definition) is 2. The molecule has 110 valence electrons. The number of carbonyl (C=O) groups is 2. The van der Waals surface area contributed by atoms with Crippen molar-refractivity contribution in [3.05, 3.63) is 29.6 Å². The molecule has 1 aromatic carbocycles. The number of nitrogen functional groups attached to an aromatic ring is 1. The predicted molar refractivity (Wildman–Crippen MR) is 73.6 cm³/mol. The van der Waals surface area contributed by atoms with Crippen LogP contribution in [-0.2, 0) is 9.53 Å². The van der Waals surface area contributed by atoms with Gasteiger partial charge in [-0.15, -0.1) is 0 Å². The third kappa shape index (κ3) is 4.87. The molecule has 20 heavy (non-hydrogen) atoms. The number of unbranched alkanes of at least 4 members (excludes halogenated alkanes) is 2. The average Bonchev–Trinajstić information content (AvgIpc) is 2.44. The highest BCUT2D eigenvalue weighted by molar-refractivity contribution is 5.99. The summed E-state index contributed by atoms with van der Waals surface area (Å²) in [6.07, 6.45) is 2.62. The molecule has 1 aromatic rings. The van der Waals surface area contributed by atoms with Gasteiger partial charge in [0.2, 0.25) is 0 Å². The van der Waals surface area contributed by atoms with Crippen LogP contribution in [0.5, 0.6) is 0 Å². The molecule has 0 spiro atoms. The van der Waals surface area contributed by atoms with Gasteiger partial charge in [0.15, 0.2) is 0 Å². The van der Waals surface area contributed by atoms with E-state index in [1.54, 1.807) is 0 Å². The molecule has 0 saturated carbocycles. The molecular formula is C14H19FN2O3. The van der Waals surface area contributed by atoms with Crippen LogP contribution < -0.4 is 11.1 Å². The molecule has 0 bridgehead atoms. The largest absolute Gasteiger partial charge is 0.469 e. The Hall–Kier alpha value is -2.11. The first-order valence-electron chi connectivity index (χ1n) is 6.45. The number of halogens is 1. The maximum atomic E-state index is 13.2. The van der Waals surface area contributed by atoms with E-state index in [1.165, 1.54) is 25.3 Å². The van der Waals surface area contributed by atoms with Gasteiger partial charge < -0.3 is 15.8 Å². The molecule has 0 aliphatic carbocycles. The van der Waals surface area contributed by atoms with Gasteiger partial charge in [0.1, 0.15) is 5.82 Å². The van der Waals surface area contributed by atoms with Gasteiger partial charge in [0.25, 0.3) is 5.91 Å². The second kappa shape index (κ2) is 8.14. The molecule has 0 fully saturated rings. The van der Waals surface area contributed by atoms with E-state index in [9.17, 15) is 14.0 Å². The van der Waals surface area contributed by atoms with Crippen molar-refractivity contribution >= 4 is 17.6 Å². The minimum absolute atomic E-state index is 0.138. The Kier molecular flexibility index (Phi) is 6.49. The van der Waals surface area contributed by atoms with Gasteiger partial charge in [0, 0.05) is 13.0 Å². The maximum Gasteiger partial charge on any atom is 0.305 e. The molecule has 3 N–H and O–H groups in total. The number of carbonyl (C=O) groups excluding carboxylic acids is 2. The summed E-state index contributed by atoms with van der Waals surface area (Å²) in [7, 11) is 1.35. The molecule has 0 radical (unpaired) electrons. The zero-order chi connectivity index (χ0) is 15.0. The van der Waals surface area contributed by atoms with Gasteiger partial charge >= 0.3 is 5.97 Å². The highest BCUT2D eigenvalue weighted by Gasteiger charge is 2.11. The lowest BCUT2D eigenvalue weighted by atomic mass is 10.1. The molecule has 0 saturated heterocycles. The minimum Gasteiger partial charge on any atom is -0.469 e. The van der Waals surface area contributed by atoms with E-state index in [4.69, 9.17) is 5.73 Å². The second-order valence-electron chi connectivity index (χ2n) is 4.34. The van der Waals surface area contributed by atoms with Gasteiger partial charge in [-0.25, -0.2) is 4.39 Å². The van der Waals surface area contributed by atoms with Crippen LogP contribution in [0.3, 0.4) is 0 Å². The van der Waals surface area contributed by atoms with Crippen LogP contribution >= 0.6 is 0 Å². The summed E-state index contributed by atoms with van der Waals surface area (Å²) in [5.41, 5.74) is 5.49. The fraction of sp³-hybridized carbons (Fsp3) is 0.429. The van der Waals surface area contributed by atoms with Gasteiger partial charge in [0.05, 0.1) is 18.4 Å².